The smallest absolute Gasteiger partial charge is 0.180 e. The summed E-state index contributed by atoms with van der Waals surface area (Å²) in [5, 5.41) is 4.28. The fourth-order valence-electron chi connectivity index (χ4n) is 3.28. The first-order valence-electron chi connectivity index (χ1n) is 8.58. The Kier molecular flexibility index (Phi) is 4.13. The van der Waals surface area contributed by atoms with E-state index < -0.39 is 0 Å². The first kappa shape index (κ1) is 15.7. The predicted molar refractivity (Wildman–Crippen MR) is 95.2 cm³/mol. The molecule has 1 fully saturated rings. The number of hydrogen-bond donors (Lipinski definition) is 0. The second kappa shape index (κ2) is 6.58. The lowest BCUT2D eigenvalue weighted by atomic mass is 10.0. The summed E-state index contributed by atoms with van der Waals surface area (Å²) in [5.74, 6) is 1.71. The van der Waals surface area contributed by atoms with E-state index in [0.717, 1.165) is 48.7 Å². The molecule has 1 aliphatic heterocycles. The van der Waals surface area contributed by atoms with Crippen molar-refractivity contribution in [2.45, 2.75) is 32.7 Å². The lowest BCUT2D eigenvalue weighted by Gasteiger charge is -2.33. The van der Waals surface area contributed by atoms with Gasteiger partial charge >= 0.3 is 0 Å². The molecule has 3 aromatic heterocycles. The van der Waals surface area contributed by atoms with Gasteiger partial charge in [0, 0.05) is 30.5 Å². The molecule has 25 heavy (non-hydrogen) atoms. The van der Waals surface area contributed by atoms with Crippen LogP contribution in [0.15, 0.2) is 37.1 Å². The maximum Gasteiger partial charge on any atom is 0.180 e. The van der Waals surface area contributed by atoms with Crippen LogP contribution in [0.2, 0.25) is 0 Å². The molecule has 0 spiro atoms. The van der Waals surface area contributed by atoms with Crippen LogP contribution in [0.1, 0.15) is 30.1 Å². The van der Waals surface area contributed by atoms with Gasteiger partial charge in [-0.3, -0.25) is 4.98 Å². The van der Waals surface area contributed by atoms with Gasteiger partial charge < -0.3 is 4.90 Å². The van der Waals surface area contributed by atoms with Gasteiger partial charge in [0.15, 0.2) is 5.82 Å². The first-order valence-corrected chi connectivity index (χ1v) is 8.58. The molecule has 7 heteroatoms. The second-order valence-electron chi connectivity index (χ2n) is 6.39. The standard InChI is InChI=1S/C18H21N7/c1-13-14(2)22-17(16-5-3-4-8-20-16)23-18(13)24-9-6-15(7-10-24)25-12-19-11-21-25/h3-5,8,11-12,15H,6-7,9-10H2,1-2H3. The van der Waals surface area contributed by atoms with Crippen molar-refractivity contribution in [2.75, 3.05) is 18.0 Å². The third-order valence-corrected chi connectivity index (χ3v) is 4.83. The van der Waals surface area contributed by atoms with E-state index in [-0.39, 0.29) is 0 Å². The van der Waals surface area contributed by atoms with Gasteiger partial charge in [-0.2, -0.15) is 5.10 Å². The van der Waals surface area contributed by atoms with Gasteiger partial charge in [-0.15, -0.1) is 0 Å². The summed E-state index contributed by atoms with van der Waals surface area (Å²) in [4.78, 5) is 20.3. The first-order chi connectivity index (χ1) is 12.2. The predicted octanol–water partition coefficient (Wildman–Crippen LogP) is 2.59. The Morgan fingerprint density at radius 2 is 1.92 bits per heavy atom. The van der Waals surface area contributed by atoms with Crippen LogP contribution >= 0.6 is 0 Å². The van der Waals surface area contributed by atoms with Crippen molar-refractivity contribution in [3.63, 3.8) is 0 Å². The monoisotopic (exact) mass is 335 g/mol. The molecule has 0 unspecified atom stereocenters. The minimum Gasteiger partial charge on any atom is -0.356 e. The van der Waals surface area contributed by atoms with E-state index in [1.165, 1.54) is 0 Å². The van der Waals surface area contributed by atoms with Gasteiger partial charge in [0.25, 0.3) is 0 Å². The van der Waals surface area contributed by atoms with E-state index in [4.69, 9.17) is 4.98 Å². The number of pyridine rings is 1. The molecule has 0 amide bonds. The summed E-state index contributed by atoms with van der Waals surface area (Å²) in [6.45, 7) is 6.03. The zero-order valence-electron chi connectivity index (χ0n) is 14.5. The van der Waals surface area contributed by atoms with Crippen molar-refractivity contribution >= 4 is 5.82 Å². The summed E-state index contributed by atoms with van der Waals surface area (Å²) in [6, 6.07) is 6.23. The molecule has 0 bridgehead atoms. The van der Waals surface area contributed by atoms with E-state index in [1.807, 2.05) is 29.8 Å². The Morgan fingerprint density at radius 3 is 2.60 bits per heavy atom. The zero-order valence-corrected chi connectivity index (χ0v) is 14.5. The van der Waals surface area contributed by atoms with E-state index >= 15 is 0 Å². The number of aryl methyl sites for hydroxylation is 1. The van der Waals surface area contributed by atoms with Gasteiger partial charge in [-0.25, -0.2) is 19.6 Å². The summed E-state index contributed by atoms with van der Waals surface area (Å²) in [5.41, 5.74) is 2.95. The molecule has 0 aromatic carbocycles. The van der Waals surface area contributed by atoms with Crippen molar-refractivity contribution in [3.05, 3.63) is 48.3 Å². The fraction of sp³-hybridized carbons (Fsp3) is 0.389. The van der Waals surface area contributed by atoms with Crippen molar-refractivity contribution in [1.29, 1.82) is 0 Å². The summed E-state index contributed by atoms with van der Waals surface area (Å²) in [6.07, 6.45) is 7.25. The van der Waals surface area contributed by atoms with Gasteiger partial charge in [-0.05, 0) is 38.8 Å². The minimum absolute atomic E-state index is 0.414. The van der Waals surface area contributed by atoms with Crippen molar-refractivity contribution < 1.29 is 0 Å². The molecule has 0 radical (unpaired) electrons. The van der Waals surface area contributed by atoms with Crippen LogP contribution in [0.3, 0.4) is 0 Å². The normalized spacial score (nSPS) is 15.5. The van der Waals surface area contributed by atoms with Gasteiger partial charge in [0.05, 0.1) is 6.04 Å². The maximum atomic E-state index is 4.83. The molecule has 7 nitrogen and oxygen atoms in total. The van der Waals surface area contributed by atoms with E-state index in [1.54, 1.807) is 18.9 Å². The number of anilines is 1. The summed E-state index contributed by atoms with van der Waals surface area (Å²) < 4.78 is 1.97. The number of piperidine rings is 1. The highest BCUT2D eigenvalue weighted by atomic mass is 15.3. The van der Waals surface area contributed by atoms with Crippen LogP contribution < -0.4 is 4.90 Å². The molecule has 4 heterocycles. The third-order valence-electron chi connectivity index (χ3n) is 4.83. The SMILES string of the molecule is Cc1nc(-c2ccccn2)nc(N2CCC(n3cncn3)CC2)c1C. The molecular weight excluding hydrogens is 314 g/mol. The Labute approximate surface area is 146 Å². The Hall–Kier alpha value is -2.83. The van der Waals surface area contributed by atoms with Gasteiger partial charge in [0.2, 0.25) is 0 Å². The van der Waals surface area contributed by atoms with E-state index in [0.29, 0.717) is 11.9 Å². The zero-order chi connectivity index (χ0) is 17.2. The molecule has 0 saturated carbocycles. The van der Waals surface area contributed by atoms with Crippen molar-refractivity contribution in [3.8, 4) is 11.5 Å². The number of aromatic nitrogens is 6. The summed E-state index contributed by atoms with van der Waals surface area (Å²) >= 11 is 0. The second-order valence-corrected chi connectivity index (χ2v) is 6.39. The van der Waals surface area contributed by atoms with Crippen LogP contribution in [-0.4, -0.2) is 42.8 Å². The molecule has 0 atom stereocenters. The summed E-state index contributed by atoms with van der Waals surface area (Å²) in [7, 11) is 0. The molecule has 0 N–H and O–H groups in total. The molecule has 3 aromatic rings. The highest BCUT2D eigenvalue weighted by Gasteiger charge is 2.24. The van der Waals surface area contributed by atoms with Crippen LogP contribution in [0.25, 0.3) is 11.5 Å². The van der Waals surface area contributed by atoms with E-state index in [2.05, 4.69) is 31.9 Å². The molecule has 0 aliphatic carbocycles. The van der Waals surface area contributed by atoms with Crippen LogP contribution in [-0.2, 0) is 0 Å². The highest BCUT2D eigenvalue weighted by Crippen LogP contribution is 2.29. The maximum absolute atomic E-state index is 4.83. The quantitative estimate of drug-likeness (QED) is 0.732. The largest absolute Gasteiger partial charge is 0.356 e. The molecule has 4 rings (SSSR count). The Balaban J connectivity index is 1.59. The average Bonchev–Trinajstić information content (AvgIpc) is 3.19. The van der Waals surface area contributed by atoms with Crippen LogP contribution in [0.5, 0.6) is 0 Å². The molecular formula is C18H21N7. The third kappa shape index (κ3) is 3.09. The molecule has 1 saturated heterocycles. The van der Waals surface area contributed by atoms with Crippen molar-refractivity contribution in [2.24, 2.45) is 0 Å². The Bertz CT molecular complexity index is 837. The van der Waals surface area contributed by atoms with Crippen LogP contribution in [0.4, 0.5) is 5.82 Å². The number of hydrogen-bond acceptors (Lipinski definition) is 6. The van der Waals surface area contributed by atoms with Crippen molar-refractivity contribution in [1.82, 2.24) is 29.7 Å². The lowest BCUT2D eigenvalue weighted by Crippen LogP contribution is -2.36. The lowest BCUT2D eigenvalue weighted by molar-refractivity contribution is 0.365. The topological polar surface area (TPSA) is 72.6 Å². The highest BCUT2D eigenvalue weighted by molar-refractivity contribution is 5.57. The fourth-order valence-corrected chi connectivity index (χ4v) is 3.28. The average molecular weight is 335 g/mol. The number of nitrogens with zero attached hydrogens (tertiary/aromatic N) is 7. The number of rotatable bonds is 3. The van der Waals surface area contributed by atoms with E-state index in [9.17, 15) is 0 Å². The molecule has 128 valence electrons. The molecule has 1 aliphatic rings. The van der Waals surface area contributed by atoms with Gasteiger partial charge in [-0.1, -0.05) is 6.07 Å². The van der Waals surface area contributed by atoms with Crippen LogP contribution in [0, 0.1) is 13.8 Å². The Morgan fingerprint density at radius 1 is 1.08 bits per heavy atom. The minimum atomic E-state index is 0.414. The van der Waals surface area contributed by atoms with Gasteiger partial charge in [0.1, 0.15) is 24.2 Å².